The number of nitrogens with one attached hydrogen (secondary N) is 1. The van der Waals surface area contributed by atoms with Crippen LogP contribution >= 0.6 is 0 Å². The van der Waals surface area contributed by atoms with Crippen LogP contribution in [0.25, 0.3) is 0 Å². The zero-order chi connectivity index (χ0) is 11.6. The number of hydrogen-bond acceptors (Lipinski definition) is 2. The van der Waals surface area contributed by atoms with E-state index < -0.39 is 5.54 Å². The Bertz CT molecular complexity index is 427. The molecule has 0 fully saturated rings. The van der Waals surface area contributed by atoms with Gasteiger partial charge in [0.25, 0.3) is 0 Å². The number of amidine groups is 1. The maximum absolute atomic E-state index is 11.1. The molecule has 0 saturated carbocycles. The molecule has 1 aromatic carbocycles. The second-order valence-corrected chi connectivity index (χ2v) is 4.24. The van der Waals surface area contributed by atoms with E-state index in [0.717, 1.165) is 12.8 Å². The van der Waals surface area contributed by atoms with E-state index in [1.165, 1.54) is 5.56 Å². The van der Waals surface area contributed by atoms with Gasteiger partial charge in [-0.2, -0.15) is 4.99 Å². The average Bonchev–Trinajstić information content (AvgIpc) is 2.52. The van der Waals surface area contributed by atoms with Crippen LogP contribution in [-0.4, -0.2) is 17.4 Å². The molecule has 0 aliphatic carbocycles. The van der Waals surface area contributed by atoms with Gasteiger partial charge in [-0.3, -0.25) is 0 Å². The van der Waals surface area contributed by atoms with Crippen LogP contribution in [0, 0.1) is 0 Å². The van der Waals surface area contributed by atoms with Crippen molar-refractivity contribution in [3.8, 4) is 0 Å². The smallest absolute Gasteiger partial charge is 0.343 e. The highest BCUT2D eigenvalue weighted by Crippen LogP contribution is 2.18. The van der Waals surface area contributed by atoms with Gasteiger partial charge in [0, 0.05) is 0 Å². The third-order valence-electron chi connectivity index (χ3n) is 2.93. The van der Waals surface area contributed by atoms with Crippen molar-refractivity contribution >= 4 is 11.9 Å². The number of benzene rings is 1. The molecular weight excluding hydrogens is 202 g/mol. The van der Waals surface area contributed by atoms with E-state index in [4.69, 9.17) is 5.73 Å². The third kappa shape index (κ3) is 2.05. The summed E-state index contributed by atoms with van der Waals surface area (Å²) < 4.78 is 0. The van der Waals surface area contributed by atoms with Gasteiger partial charge >= 0.3 is 6.03 Å². The first-order valence-corrected chi connectivity index (χ1v) is 5.31. The van der Waals surface area contributed by atoms with Gasteiger partial charge in [-0.05, 0) is 25.3 Å². The third-order valence-corrected chi connectivity index (χ3v) is 2.93. The topological polar surface area (TPSA) is 67.5 Å². The van der Waals surface area contributed by atoms with Crippen LogP contribution in [-0.2, 0) is 6.42 Å². The molecule has 1 aliphatic rings. The lowest BCUT2D eigenvalue weighted by Crippen LogP contribution is -2.49. The first-order chi connectivity index (χ1) is 7.60. The lowest BCUT2D eigenvalue weighted by atomic mass is 9.93. The molecule has 0 saturated heterocycles. The predicted octanol–water partition coefficient (Wildman–Crippen LogP) is 1.46. The molecular formula is C12H15N3O. The van der Waals surface area contributed by atoms with Gasteiger partial charge in [0.1, 0.15) is 5.84 Å². The molecule has 16 heavy (non-hydrogen) atoms. The second kappa shape index (κ2) is 3.96. The molecule has 1 aromatic rings. The van der Waals surface area contributed by atoms with Crippen LogP contribution < -0.4 is 11.1 Å². The summed E-state index contributed by atoms with van der Waals surface area (Å²) in [5, 5.41) is 2.78. The SMILES string of the molecule is CC1(CCc2ccccc2)NC(=O)N=C1N. The molecule has 4 heteroatoms. The van der Waals surface area contributed by atoms with Crippen LogP contribution in [0.5, 0.6) is 0 Å². The van der Waals surface area contributed by atoms with E-state index in [9.17, 15) is 4.79 Å². The van der Waals surface area contributed by atoms with Crippen molar-refractivity contribution in [2.24, 2.45) is 10.7 Å². The van der Waals surface area contributed by atoms with Crippen molar-refractivity contribution in [2.75, 3.05) is 0 Å². The molecule has 0 radical (unpaired) electrons. The minimum absolute atomic E-state index is 0.340. The number of aryl methyl sites for hydroxylation is 1. The number of aliphatic imine (C=N–C) groups is 1. The molecule has 84 valence electrons. The lowest BCUT2D eigenvalue weighted by Gasteiger charge is -2.23. The summed E-state index contributed by atoms with van der Waals surface area (Å²) in [4.78, 5) is 14.8. The monoisotopic (exact) mass is 217 g/mol. The molecule has 0 bridgehead atoms. The summed E-state index contributed by atoms with van der Waals surface area (Å²) in [5.74, 6) is 0.383. The Labute approximate surface area is 94.6 Å². The van der Waals surface area contributed by atoms with E-state index in [2.05, 4.69) is 22.4 Å². The van der Waals surface area contributed by atoms with Crippen molar-refractivity contribution < 1.29 is 4.79 Å². The number of nitrogens with two attached hydrogens (primary N) is 1. The quantitative estimate of drug-likeness (QED) is 0.804. The molecule has 2 rings (SSSR count). The van der Waals surface area contributed by atoms with Gasteiger partial charge in [0.05, 0.1) is 5.54 Å². The van der Waals surface area contributed by atoms with Crippen LogP contribution in [0.4, 0.5) is 4.79 Å². The van der Waals surface area contributed by atoms with Crippen molar-refractivity contribution in [2.45, 2.75) is 25.3 Å². The molecule has 1 atom stereocenters. The molecule has 1 aliphatic heterocycles. The predicted molar refractivity (Wildman–Crippen MR) is 63.3 cm³/mol. The van der Waals surface area contributed by atoms with Gasteiger partial charge in [-0.1, -0.05) is 30.3 Å². The molecule has 0 aromatic heterocycles. The Morgan fingerprint density at radius 1 is 1.38 bits per heavy atom. The van der Waals surface area contributed by atoms with Crippen LogP contribution in [0.15, 0.2) is 35.3 Å². The number of amides is 2. The van der Waals surface area contributed by atoms with Crippen molar-refractivity contribution in [1.82, 2.24) is 5.32 Å². The fraction of sp³-hybridized carbons (Fsp3) is 0.333. The maximum Gasteiger partial charge on any atom is 0.343 e. The first kappa shape index (κ1) is 10.7. The normalized spacial score (nSPS) is 24.1. The average molecular weight is 217 g/mol. The summed E-state index contributed by atoms with van der Waals surface area (Å²) in [5.41, 5.74) is 6.48. The fourth-order valence-electron chi connectivity index (χ4n) is 1.79. The summed E-state index contributed by atoms with van der Waals surface area (Å²) >= 11 is 0. The minimum atomic E-state index is -0.493. The summed E-state index contributed by atoms with van der Waals surface area (Å²) in [6, 6.07) is 9.78. The largest absolute Gasteiger partial charge is 0.385 e. The van der Waals surface area contributed by atoms with Gasteiger partial charge in [0.2, 0.25) is 0 Å². The van der Waals surface area contributed by atoms with Crippen LogP contribution in [0.1, 0.15) is 18.9 Å². The highest BCUT2D eigenvalue weighted by molar-refractivity contribution is 6.05. The van der Waals surface area contributed by atoms with E-state index in [0.29, 0.717) is 5.84 Å². The Morgan fingerprint density at radius 2 is 2.06 bits per heavy atom. The highest BCUT2D eigenvalue weighted by Gasteiger charge is 2.35. The number of urea groups is 1. The number of nitrogens with zero attached hydrogens (tertiary/aromatic N) is 1. The van der Waals surface area contributed by atoms with E-state index in [-0.39, 0.29) is 6.03 Å². The summed E-state index contributed by atoms with van der Waals surface area (Å²) in [6.07, 6.45) is 1.63. The Hall–Kier alpha value is -1.84. The minimum Gasteiger partial charge on any atom is -0.385 e. The first-order valence-electron chi connectivity index (χ1n) is 5.31. The molecule has 1 heterocycles. The summed E-state index contributed by atoms with van der Waals surface area (Å²) in [6.45, 7) is 1.90. The number of rotatable bonds is 3. The Morgan fingerprint density at radius 3 is 2.62 bits per heavy atom. The number of carbonyl (C=O) groups is 1. The highest BCUT2D eigenvalue weighted by atomic mass is 16.2. The zero-order valence-electron chi connectivity index (χ0n) is 9.23. The van der Waals surface area contributed by atoms with Gasteiger partial charge in [-0.25, -0.2) is 4.79 Å². The Balaban J connectivity index is 2.01. The van der Waals surface area contributed by atoms with Gasteiger partial charge < -0.3 is 11.1 Å². The van der Waals surface area contributed by atoms with E-state index >= 15 is 0 Å². The number of carbonyl (C=O) groups excluding carboxylic acids is 1. The Kier molecular flexibility index (Phi) is 2.64. The van der Waals surface area contributed by atoms with E-state index in [1.807, 2.05) is 25.1 Å². The van der Waals surface area contributed by atoms with Crippen molar-refractivity contribution in [3.63, 3.8) is 0 Å². The van der Waals surface area contributed by atoms with Crippen LogP contribution in [0.2, 0.25) is 0 Å². The number of hydrogen-bond donors (Lipinski definition) is 2. The van der Waals surface area contributed by atoms with Gasteiger partial charge in [-0.15, -0.1) is 0 Å². The lowest BCUT2D eigenvalue weighted by molar-refractivity contribution is 0.246. The van der Waals surface area contributed by atoms with Gasteiger partial charge in [0.15, 0.2) is 0 Å². The molecule has 0 spiro atoms. The molecule has 4 nitrogen and oxygen atoms in total. The molecule has 1 unspecified atom stereocenters. The van der Waals surface area contributed by atoms with E-state index in [1.54, 1.807) is 0 Å². The molecule has 3 N–H and O–H groups in total. The molecule has 2 amide bonds. The van der Waals surface area contributed by atoms with Crippen molar-refractivity contribution in [1.29, 1.82) is 0 Å². The standard InChI is InChI=1S/C12H15N3O/c1-12(10(13)14-11(16)15-12)8-7-9-5-3-2-4-6-9/h2-6H,7-8H2,1H3,(H3,13,14,15,16). The maximum atomic E-state index is 11.1. The fourth-order valence-corrected chi connectivity index (χ4v) is 1.79. The summed E-state index contributed by atoms with van der Waals surface area (Å²) in [7, 11) is 0. The zero-order valence-corrected chi connectivity index (χ0v) is 9.23. The second-order valence-electron chi connectivity index (χ2n) is 4.24. The van der Waals surface area contributed by atoms with Crippen molar-refractivity contribution in [3.05, 3.63) is 35.9 Å². The van der Waals surface area contributed by atoms with Crippen LogP contribution in [0.3, 0.4) is 0 Å².